The zero-order valence-corrected chi connectivity index (χ0v) is 25.5. The monoisotopic (exact) mass is 671 g/mol. The van der Waals surface area contributed by atoms with Gasteiger partial charge >= 0.3 is 21.1 Å². The van der Waals surface area contributed by atoms with Gasteiger partial charge in [-0.3, -0.25) is 0 Å². The Labute approximate surface area is 235 Å². The van der Waals surface area contributed by atoms with Gasteiger partial charge in [-0.25, -0.2) is 9.97 Å². The van der Waals surface area contributed by atoms with Crippen LogP contribution in [0.1, 0.15) is 99.4 Å². The van der Waals surface area contributed by atoms with E-state index >= 15 is 0 Å². The van der Waals surface area contributed by atoms with Crippen molar-refractivity contribution >= 4 is 44.4 Å². The topological polar surface area (TPSA) is 54.0 Å². The first-order valence-corrected chi connectivity index (χ1v) is 13.3. The molecule has 0 amide bonds. The maximum Gasteiger partial charge on any atom is 2.00 e. The smallest absolute Gasteiger partial charge is 0.657 e. The maximum atomic E-state index is 5.12. The molecule has 0 aliphatic carbocycles. The number of aryl methyl sites for hydroxylation is 4. The van der Waals surface area contributed by atoms with Crippen LogP contribution in [0.5, 0.6) is 0 Å². The first-order valence-electron chi connectivity index (χ1n) is 13.3. The molecule has 0 unspecified atom stereocenters. The van der Waals surface area contributed by atoms with E-state index in [2.05, 4.69) is 79.7 Å². The predicted octanol–water partition coefficient (Wildman–Crippen LogP) is 7.99. The van der Waals surface area contributed by atoms with Crippen LogP contribution in [0.25, 0.3) is 44.4 Å². The Morgan fingerprint density at radius 1 is 0.514 bits per heavy atom. The van der Waals surface area contributed by atoms with Gasteiger partial charge in [0.15, 0.2) is 0 Å². The van der Waals surface area contributed by atoms with Crippen LogP contribution >= 0.6 is 0 Å². The van der Waals surface area contributed by atoms with E-state index < -0.39 is 0 Å². The number of fused-ring (bicyclic) bond motifs is 8. The van der Waals surface area contributed by atoms with E-state index in [0.29, 0.717) is 0 Å². The van der Waals surface area contributed by atoms with E-state index in [-0.39, 0.29) is 21.1 Å². The molecule has 5 heterocycles. The van der Waals surface area contributed by atoms with Crippen LogP contribution in [-0.4, -0.2) is 9.97 Å². The summed E-state index contributed by atoms with van der Waals surface area (Å²) in [6.45, 7) is 17.6. The van der Waals surface area contributed by atoms with Gasteiger partial charge in [0.1, 0.15) is 0 Å². The van der Waals surface area contributed by atoms with Crippen molar-refractivity contribution in [3.63, 3.8) is 0 Å². The van der Waals surface area contributed by atoms with Gasteiger partial charge in [0.2, 0.25) is 0 Å². The fourth-order valence-corrected chi connectivity index (χ4v) is 5.85. The summed E-state index contributed by atoms with van der Waals surface area (Å²) in [6, 6.07) is 8.72. The summed E-state index contributed by atoms with van der Waals surface area (Å²) in [7, 11) is 0. The van der Waals surface area contributed by atoms with Gasteiger partial charge in [0.05, 0.1) is 22.8 Å². The summed E-state index contributed by atoms with van der Waals surface area (Å²) < 4.78 is 0. The van der Waals surface area contributed by atoms with Gasteiger partial charge in [0.25, 0.3) is 0 Å². The normalized spacial score (nSPS) is 13.4. The van der Waals surface area contributed by atoms with Gasteiger partial charge in [-0.2, -0.15) is 0 Å². The van der Waals surface area contributed by atoms with Crippen LogP contribution in [0.2, 0.25) is 0 Å². The molecular formula is C32H36N4Pt. The Hall–Kier alpha value is -2.71. The minimum atomic E-state index is 0. The quantitative estimate of drug-likeness (QED) is 0.282. The molecule has 8 bridgehead atoms. The van der Waals surface area contributed by atoms with Crippen LogP contribution < -0.4 is 9.97 Å². The number of allylic oxidation sites excluding steroid dienone is 4. The summed E-state index contributed by atoms with van der Waals surface area (Å²) in [5.41, 5.74) is 18.2. The van der Waals surface area contributed by atoms with Crippen LogP contribution in [0.15, 0.2) is 24.3 Å². The predicted molar refractivity (Wildman–Crippen MR) is 153 cm³/mol. The van der Waals surface area contributed by atoms with Crippen LogP contribution in [0.4, 0.5) is 0 Å². The Kier molecular flexibility index (Phi) is 7.81. The third-order valence-corrected chi connectivity index (χ3v) is 8.06. The summed E-state index contributed by atoms with van der Waals surface area (Å²) >= 11 is 0. The third kappa shape index (κ3) is 4.48. The van der Waals surface area contributed by atoms with Crippen molar-refractivity contribution in [2.45, 2.75) is 81.1 Å². The molecule has 0 fully saturated rings. The molecule has 0 N–H and O–H groups in total. The molecule has 0 atom stereocenters. The summed E-state index contributed by atoms with van der Waals surface area (Å²) in [5.74, 6) is 0. The second-order valence-corrected chi connectivity index (χ2v) is 9.93. The number of nitrogens with zero attached hydrogens (tertiary/aromatic N) is 4. The SMILES string of the molecule is CCC1=C(C)c2cc3[n-]c(cc4nc(cc5[n-]c(cc1n2)c(C)c5CC)C(CC)=C4C)c(C)c3CC.[Pt+2]. The van der Waals surface area contributed by atoms with Gasteiger partial charge < -0.3 is 9.97 Å². The third-order valence-electron chi connectivity index (χ3n) is 8.06. The van der Waals surface area contributed by atoms with Crippen molar-refractivity contribution in [3.8, 4) is 0 Å². The van der Waals surface area contributed by atoms with Crippen molar-refractivity contribution in [1.29, 1.82) is 0 Å². The van der Waals surface area contributed by atoms with Crippen molar-refractivity contribution in [2.75, 3.05) is 0 Å². The first-order chi connectivity index (χ1) is 17.3. The fourth-order valence-electron chi connectivity index (χ4n) is 5.85. The van der Waals surface area contributed by atoms with Crippen LogP contribution in [0, 0.1) is 13.8 Å². The van der Waals surface area contributed by atoms with Gasteiger partial charge in [0, 0.05) is 0 Å². The van der Waals surface area contributed by atoms with Crippen molar-refractivity contribution in [2.24, 2.45) is 0 Å². The zero-order chi connectivity index (χ0) is 25.7. The molecule has 2 aliphatic heterocycles. The summed E-state index contributed by atoms with van der Waals surface area (Å²) in [4.78, 5) is 20.4. The molecule has 0 saturated heterocycles. The van der Waals surface area contributed by atoms with Crippen molar-refractivity contribution in [3.05, 3.63) is 69.3 Å². The number of hydrogen-bond donors (Lipinski definition) is 0. The Morgan fingerprint density at radius 2 is 0.865 bits per heavy atom. The molecule has 2 aliphatic rings. The van der Waals surface area contributed by atoms with Crippen LogP contribution in [0.3, 0.4) is 0 Å². The summed E-state index contributed by atoms with van der Waals surface area (Å²) in [6.07, 6.45) is 3.74. The molecule has 3 aromatic rings. The first kappa shape index (κ1) is 27.3. The number of aromatic nitrogens is 4. The number of rotatable bonds is 4. The molecular weight excluding hydrogens is 635 g/mol. The van der Waals surface area contributed by atoms with Gasteiger partial charge in [-0.15, -0.1) is 22.1 Å². The van der Waals surface area contributed by atoms with E-state index in [1.807, 2.05) is 0 Å². The second kappa shape index (κ2) is 10.6. The fraction of sp³-hybridized carbons (Fsp3) is 0.375. The molecule has 5 rings (SSSR count). The van der Waals surface area contributed by atoms with Gasteiger partial charge in [-0.05, 0) is 75.7 Å². The largest absolute Gasteiger partial charge is 2.00 e. The molecule has 0 saturated carbocycles. The molecule has 5 heteroatoms. The molecule has 4 nitrogen and oxygen atoms in total. The van der Waals surface area contributed by atoms with Crippen LogP contribution in [-0.2, 0) is 33.9 Å². The van der Waals surface area contributed by atoms with Gasteiger partial charge in [-0.1, -0.05) is 74.2 Å². The van der Waals surface area contributed by atoms with Crippen molar-refractivity contribution < 1.29 is 21.1 Å². The molecule has 37 heavy (non-hydrogen) atoms. The zero-order valence-electron chi connectivity index (χ0n) is 23.2. The average Bonchev–Trinajstić information content (AvgIpc) is 3.51. The molecule has 0 spiro atoms. The van der Waals surface area contributed by atoms with E-state index in [9.17, 15) is 0 Å². The minimum Gasteiger partial charge on any atom is -0.657 e. The number of hydrogen-bond acceptors (Lipinski definition) is 2. The minimum absolute atomic E-state index is 0. The van der Waals surface area contributed by atoms with E-state index in [1.165, 1.54) is 44.5 Å². The van der Waals surface area contributed by atoms with E-state index in [1.54, 1.807) is 0 Å². The molecule has 0 aromatic carbocycles. The average molecular weight is 672 g/mol. The van der Waals surface area contributed by atoms with E-state index in [0.717, 1.165) is 70.5 Å². The Morgan fingerprint density at radius 3 is 1.24 bits per heavy atom. The standard InChI is InChI=1S/C32H36N4.Pt/c1-9-21-17(5)25-13-26-18(6)23(11-3)31(34-26)16-32-24(12-4)20(8)28(36-32)15-30-22(10-2)19(7)27(35-30)14-29(21)33-25;/h13-16H,9-12H2,1-8H3;/q-2;+2. The molecule has 3 aromatic heterocycles. The van der Waals surface area contributed by atoms with Crippen molar-refractivity contribution in [1.82, 2.24) is 19.9 Å². The second-order valence-electron chi connectivity index (χ2n) is 9.93. The maximum absolute atomic E-state index is 5.12. The summed E-state index contributed by atoms with van der Waals surface area (Å²) in [5, 5.41) is 0. The Balaban J connectivity index is 0.00000320. The van der Waals surface area contributed by atoms with E-state index in [4.69, 9.17) is 19.9 Å². The molecule has 0 radical (unpaired) electrons. The molecule has 194 valence electrons. The Bertz CT molecular complexity index is 1610.